The van der Waals surface area contributed by atoms with E-state index in [1.54, 1.807) is 17.6 Å². The lowest BCUT2D eigenvalue weighted by Crippen LogP contribution is -2.29. The van der Waals surface area contributed by atoms with Gasteiger partial charge in [-0.3, -0.25) is 13.9 Å². The van der Waals surface area contributed by atoms with Gasteiger partial charge in [-0.2, -0.15) is 0 Å². The summed E-state index contributed by atoms with van der Waals surface area (Å²) in [6.45, 7) is 4.07. The van der Waals surface area contributed by atoms with Crippen molar-refractivity contribution in [3.05, 3.63) is 64.3 Å². The van der Waals surface area contributed by atoms with Gasteiger partial charge in [0.2, 0.25) is 5.91 Å². The van der Waals surface area contributed by atoms with Gasteiger partial charge in [0.25, 0.3) is 0 Å². The summed E-state index contributed by atoms with van der Waals surface area (Å²) in [6, 6.07) is 11.5. The van der Waals surface area contributed by atoms with Crippen LogP contribution >= 0.6 is 0 Å². The van der Waals surface area contributed by atoms with Crippen LogP contribution in [0.3, 0.4) is 0 Å². The van der Waals surface area contributed by atoms with Crippen LogP contribution in [0.1, 0.15) is 12.5 Å². The zero-order valence-corrected chi connectivity index (χ0v) is 13.5. The maximum atomic E-state index is 13.3. The van der Waals surface area contributed by atoms with Crippen molar-refractivity contribution in [3.8, 4) is 0 Å². The van der Waals surface area contributed by atoms with E-state index in [0.29, 0.717) is 17.7 Å². The van der Waals surface area contributed by atoms with Gasteiger partial charge in [0.1, 0.15) is 12.4 Å². The molecule has 0 aliphatic heterocycles. The van der Waals surface area contributed by atoms with Crippen LogP contribution in [0, 0.1) is 12.7 Å². The summed E-state index contributed by atoms with van der Waals surface area (Å²) < 4.78 is 16.4. The number of hydrogen-bond acceptors (Lipinski definition) is 2. The van der Waals surface area contributed by atoms with E-state index in [2.05, 4.69) is 5.32 Å². The Morgan fingerprint density at radius 3 is 2.46 bits per heavy atom. The highest BCUT2D eigenvalue weighted by Gasteiger charge is 2.15. The third kappa shape index (κ3) is 2.82. The van der Waals surface area contributed by atoms with Crippen molar-refractivity contribution in [2.45, 2.75) is 26.9 Å². The fraction of sp³-hybridized carbons (Fsp3) is 0.222. The second-order valence-electron chi connectivity index (χ2n) is 5.61. The maximum Gasteiger partial charge on any atom is 0.329 e. The molecule has 3 rings (SSSR count). The van der Waals surface area contributed by atoms with Crippen LogP contribution in [0.4, 0.5) is 10.1 Å². The normalized spacial score (nSPS) is 11.0. The fourth-order valence-corrected chi connectivity index (χ4v) is 2.79. The molecular weight excluding hydrogens is 309 g/mol. The highest BCUT2D eigenvalue weighted by atomic mass is 19.1. The average Bonchev–Trinajstić information content (AvgIpc) is 2.83. The molecule has 0 atom stereocenters. The molecule has 0 saturated heterocycles. The number of benzene rings is 2. The minimum absolute atomic E-state index is 0.123. The topological polar surface area (TPSA) is 56.0 Å². The zero-order valence-electron chi connectivity index (χ0n) is 13.5. The van der Waals surface area contributed by atoms with Crippen molar-refractivity contribution in [1.29, 1.82) is 0 Å². The number of carbonyl (C=O) groups is 1. The smallest absolute Gasteiger partial charge is 0.324 e. The van der Waals surface area contributed by atoms with E-state index in [1.165, 1.54) is 16.7 Å². The molecule has 24 heavy (non-hydrogen) atoms. The van der Waals surface area contributed by atoms with Crippen LogP contribution in [0.5, 0.6) is 0 Å². The predicted molar refractivity (Wildman–Crippen MR) is 91.6 cm³/mol. The molecule has 0 radical (unpaired) electrons. The fourth-order valence-electron chi connectivity index (χ4n) is 2.79. The van der Waals surface area contributed by atoms with Crippen LogP contribution in [0.2, 0.25) is 0 Å². The van der Waals surface area contributed by atoms with Crippen molar-refractivity contribution in [1.82, 2.24) is 9.13 Å². The van der Waals surface area contributed by atoms with Crippen molar-refractivity contribution < 1.29 is 9.18 Å². The van der Waals surface area contributed by atoms with Gasteiger partial charge in [0.05, 0.1) is 11.0 Å². The van der Waals surface area contributed by atoms with Crippen molar-refractivity contribution in [3.63, 3.8) is 0 Å². The first-order valence-electron chi connectivity index (χ1n) is 7.75. The molecule has 124 valence electrons. The van der Waals surface area contributed by atoms with Crippen molar-refractivity contribution >= 4 is 22.6 Å². The van der Waals surface area contributed by atoms with Gasteiger partial charge in [-0.1, -0.05) is 18.2 Å². The molecule has 1 N–H and O–H groups in total. The first kappa shape index (κ1) is 16.0. The van der Waals surface area contributed by atoms with Crippen molar-refractivity contribution in [2.75, 3.05) is 5.32 Å². The quantitative estimate of drug-likeness (QED) is 0.801. The highest BCUT2D eigenvalue weighted by molar-refractivity contribution is 5.92. The molecule has 0 aliphatic rings. The zero-order chi connectivity index (χ0) is 17.3. The van der Waals surface area contributed by atoms with Gasteiger partial charge in [0, 0.05) is 12.2 Å². The molecule has 2 aromatic carbocycles. The Balaban J connectivity index is 1.93. The average molecular weight is 327 g/mol. The molecule has 1 heterocycles. The Kier molecular flexibility index (Phi) is 4.20. The number of hydrogen-bond donors (Lipinski definition) is 1. The number of imidazole rings is 1. The molecule has 0 aliphatic carbocycles. The van der Waals surface area contributed by atoms with Gasteiger partial charge in [-0.15, -0.1) is 0 Å². The highest BCUT2D eigenvalue weighted by Crippen LogP contribution is 2.17. The summed E-state index contributed by atoms with van der Waals surface area (Å²) in [5.41, 5.74) is 2.43. The number of carbonyl (C=O) groups excluding carboxylic acids is 1. The number of amides is 1. The first-order chi connectivity index (χ1) is 11.5. The number of nitrogens with zero attached hydrogens (tertiary/aromatic N) is 2. The number of fused-ring (bicyclic) bond motifs is 1. The standard InChI is InChI=1S/C18H18FN3O2/c1-3-21-15-6-4-5-7-16(15)22(18(21)24)11-17(23)20-14-10-13(19)9-8-12(14)2/h4-10H,3,11H2,1-2H3,(H,20,23). The van der Waals surface area contributed by atoms with E-state index < -0.39 is 5.82 Å². The number of nitrogens with one attached hydrogen (secondary N) is 1. The third-order valence-corrected chi connectivity index (χ3v) is 4.02. The SMILES string of the molecule is CCn1c(=O)n(CC(=O)Nc2cc(F)ccc2C)c2ccccc21. The Labute approximate surface area is 138 Å². The second-order valence-corrected chi connectivity index (χ2v) is 5.61. The minimum atomic E-state index is -0.421. The molecule has 0 bridgehead atoms. The lowest BCUT2D eigenvalue weighted by Gasteiger charge is -2.09. The number of para-hydroxylation sites is 2. The first-order valence-corrected chi connectivity index (χ1v) is 7.75. The van der Waals surface area contributed by atoms with Gasteiger partial charge < -0.3 is 5.32 Å². The number of rotatable bonds is 4. The number of anilines is 1. The van der Waals surface area contributed by atoms with Crippen LogP contribution < -0.4 is 11.0 Å². The predicted octanol–water partition coefficient (Wildman–Crippen LogP) is 2.91. The van der Waals surface area contributed by atoms with E-state index in [1.807, 2.05) is 31.2 Å². The van der Waals surface area contributed by atoms with E-state index in [4.69, 9.17) is 0 Å². The Bertz CT molecular complexity index is 972. The Hall–Kier alpha value is -2.89. The van der Waals surface area contributed by atoms with Gasteiger partial charge >= 0.3 is 5.69 Å². The van der Waals surface area contributed by atoms with E-state index in [0.717, 1.165) is 11.1 Å². The maximum absolute atomic E-state index is 13.3. The largest absolute Gasteiger partial charge is 0.329 e. The van der Waals surface area contributed by atoms with Gasteiger partial charge in [0.15, 0.2) is 0 Å². The summed E-state index contributed by atoms with van der Waals surface area (Å²) in [6.07, 6.45) is 0. The van der Waals surface area contributed by atoms with Crippen LogP contribution in [-0.2, 0) is 17.9 Å². The summed E-state index contributed by atoms with van der Waals surface area (Å²) in [5.74, 6) is -0.791. The molecule has 0 fully saturated rings. The molecule has 6 heteroatoms. The Morgan fingerprint density at radius 2 is 1.79 bits per heavy atom. The summed E-state index contributed by atoms with van der Waals surface area (Å²) >= 11 is 0. The molecule has 1 aromatic heterocycles. The lowest BCUT2D eigenvalue weighted by atomic mass is 10.2. The monoisotopic (exact) mass is 327 g/mol. The van der Waals surface area contributed by atoms with Gasteiger partial charge in [-0.05, 0) is 43.7 Å². The molecule has 0 unspecified atom stereocenters. The van der Waals surface area contributed by atoms with Crippen LogP contribution in [0.15, 0.2) is 47.3 Å². The number of halogens is 1. The molecular formula is C18H18FN3O2. The number of aryl methyl sites for hydroxylation is 2. The summed E-state index contributed by atoms with van der Waals surface area (Å²) in [5, 5.41) is 2.67. The third-order valence-electron chi connectivity index (χ3n) is 4.02. The van der Waals surface area contributed by atoms with Crippen LogP contribution in [-0.4, -0.2) is 15.0 Å². The molecule has 0 saturated carbocycles. The molecule has 0 spiro atoms. The molecule has 5 nitrogen and oxygen atoms in total. The van der Waals surface area contributed by atoms with Gasteiger partial charge in [-0.25, -0.2) is 9.18 Å². The second kappa shape index (κ2) is 6.31. The van der Waals surface area contributed by atoms with E-state index >= 15 is 0 Å². The van der Waals surface area contributed by atoms with E-state index in [9.17, 15) is 14.0 Å². The Morgan fingerprint density at radius 1 is 1.12 bits per heavy atom. The lowest BCUT2D eigenvalue weighted by molar-refractivity contribution is -0.116. The minimum Gasteiger partial charge on any atom is -0.324 e. The summed E-state index contributed by atoms with van der Waals surface area (Å²) in [7, 11) is 0. The summed E-state index contributed by atoms with van der Waals surface area (Å²) in [4.78, 5) is 24.9. The molecule has 3 aromatic rings. The molecule has 1 amide bonds. The van der Waals surface area contributed by atoms with E-state index in [-0.39, 0.29) is 18.1 Å². The number of aromatic nitrogens is 2. The van der Waals surface area contributed by atoms with Crippen LogP contribution in [0.25, 0.3) is 11.0 Å². The van der Waals surface area contributed by atoms with Crippen molar-refractivity contribution in [2.24, 2.45) is 0 Å².